The molecule has 1 aliphatic rings. The molecule has 2 rings (SSSR count). The molecular weight excluding hydrogens is 294 g/mol. The standard InChI is InChI=1S/C13H16ClN5O2/c1-15-12(18-8-2-3-9-18)13(19(20)21)17-16-11-6-4-10(14)5-7-11/h4-7,16H,2-3,8-9H2,1H3. The summed E-state index contributed by atoms with van der Waals surface area (Å²) < 4.78 is 0. The zero-order valence-electron chi connectivity index (χ0n) is 11.6. The molecule has 0 unspecified atom stereocenters. The molecule has 1 aliphatic heterocycles. The molecule has 0 atom stereocenters. The van der Waals surface area contributed by atoms with Crippen LogP contribution in [-0.4, -0.2) is 41.6 Å². The highest BCUT2D eigenvalue weighted by Crippen LogP contribution is 2.14. The number of nitrogens with one attached hydrogen (secondary N) is 1. The van der Waals surface area contributed by atoms with Crippen molar-refractivity contribution in [2.24, 2.45) is 10.1 Å². The van der Waals surface area contributed by atoms with E-state index in [0.717, 1.165) is 25.9 Å². The normalized spacial score (nSPS) is 16.2. The number of likely N-dealkylation sites (tertiary alicyclic amines) is 1. The zero-order valence-corrected chi connectivity index (χ0v) is 12.4. The lowest BCUT2D eigenvalue weighted by atomic mass is 10.3. The van der Waals surface area contributed by atoms with Crippen LogP contribution in [0.5, 0.6) is 0 Å². The molecule has 1 saturated heterocycles. The van der Waals surface area contributed by atoms with E-state index in [9.17, 15) is 10.1 Å². The number of hydrogen-bond donors (Lipinski definition) is 1. The van der Waals surface area contributed by atoms with Gasteiger partial charge in [-0.05, 0) is 42.0 Å². The molecule has 8 heteroatoms. The number of anilines is 1. The fourth-order valence-corrected chi connectivity index (χ4v) is 2.25. The Morgan fingerprint density at radius 1 is 1.33 bits per heavy atom. The lowest BCUT2D eigenvalue weighted by Crippen LogP contribution is -2.38. The third kappa shape index (κ3) is 3.91. The third-order valence-corrected chi connectivity index (χ3v) is 3.38. The molecule has 7 nitrogen and oxygen atoms in total. The average molecular weight is 310 g/mol. The largest absolute Gasteiger partial charge is 0.430 e. The molecule has 1 aromatic rings. The lowest BCUT2D eigenvalue weighted by Gasteiger charge is -2.16. The molecule has 1 aromatic carbocycles. The van der Waals surface area contributed by atoms with Crippen LogP contribution in [0.4, 0.5) is 5.69 Å². The van der Waals surface area contributed by atoms with Crippen molar-refractivity contribution in [1.82, 2.24) is 4.90 Å². The second-order valence-electron chi connectivity index (χ2n) is 4.55. The van der Waals surface area contributed by atoms with Gasteiger partial charge in [-0.2, -0.15) is 5.43 Å². The topological polar surface area (TPSA) is 83.1 Å². The van der Waals surface area contributed by atoms with E-state index in [1.165, 1.54) is 7.05 Å². The van der Waals surface area contributed by atoms with E-state index in [1.54, 1.807) is 24.3 Å². The summed E-state index contributed by atoms with van der Waals surface area (Å²) in [6.07, 6.45) is 2.02. The second-order valence-corrected chi connectivity index (χ2v) is 4.99. The highest BCUT2D eigenvalue weighted by molar-refractivity contribution is 6.37. The van der Waals surface area contributed by atoms with Crippen molar-refractivity contribution >= 4 is 29.0 Å². The van der Waals surface area contributed by atoms with Gasteiger partial charge in [0.05, 0.1) is 10.8 Å². The smallest absolute Gasteiger partial charge is 0.358 e. The van der Waals surface area contributed by atoms with Crippen molar-refractivity contribution in [2.45, 2.75) is 12.8 Å². The van der Waals surface area contributed by atoms with Gasteiger partial charge in [-0.25, -0.2) is 0 Å². The Morgan fingerprint density at radius 2 is 1.95 bits per heavy atom. The van der Waals surface area contributed by atoms with Crippen LogP contribution in [0.15, 0.2) is 34.4 Å². The van der Waals surface area contributed by atoms with Gasteiger partial charge >= 0.3 is 5.84 Å². The summed E-state index contributed by atoms with van der Waals surface area (Å²) in [5.41, 5.74) is 3.29. The predicted octanol–water partition coefficient (Wildman–Crippen LogP) is 2.47. The fraction of sp³-hybridized carbons (Fsp3) is 0.385. The Hall–Kier alpha value is -2.15. The minimum Gasteiger partial charge on any atom is -0.358 e. The van der Waals surface area contributed by atoms with E-state index in [4.69, 9.17) is 11.6 Å². The monoisotopic (exact) mass is 309 g/mol. The van der Waals surface area contributed by atoms with Crippen molar-refractivity contribution < 1.29 is 4.92 Å². The highest BCUT2D eigenvalue weighted by Gasteiger charge is 2.29. The SMILES string of the molecule is CN=C(C(=NNc1ccc(Cl)cc1)[N+](=O)[O-])N1CCCC1. The van der Waals surface area contributed by atoms with E-state index in [-0.39, 0.29) is 5.84 Å². The zero-order chi connectivity index (χ0) is 15.2. The van der Waals surface area contributed by atoms with Crippen molar-refractivity contribution in [1.29, 1.82) is 0 Å². The van der Waals surface area contributed by atoms with Crippen LogP contribution in [0, 0.1) is 10.1 Å². The molecule has 0 spiro atoms. The van der Waals surface area contributed by atoms with Crippen LogP contribution in [-0.2, 0) is 0 Å². The van der Waals surface area contributed by atoms with Gasteiger partial charge in [0, 0.05) is 25.2 Å². The van der Waals surface area contributed by atoms with Gasteiger partial charge in [0.1, 0.15) is 0 Å². The van der Waals surface area contributed by atoms with Crippen molar-refractivity contribution in [3.63, 3.8) is 0 Å². The second kappa shape index (κ2) is 7.03. The molecule has 1 heterocycles. The van der Waals surface area contributed by atoms with E-state index >= 15 is 0 Å². The number of halogens is 1. The van der Waals surface area contributed by atoms with Gasteiger partial charge in [0.25, 0.3) is 0 Å². The van der Waals surface area contributed by atoms with Crippen LogP contribution in [0.1, 0.15) is 12.8 Å². The molecule has 21 heavy (non-hydrogen) atoms. The quantitative estimate of drug-likeness (QED) is 0.394. The van der Waals surface area contributed by atoms with Gasteiger partial charge in [-0.3, -0.25) is 4.99 Å². The molecule has 0 aromatic heterocycles. The molecule has 112 valence electrons. The maximum absolute atomic E-state index is 11.2. The summed E-state index contributed by atoms with van der Waals surface area (Å²) in [7, 11) is 1.54. The summed E-state index contributed by atoms with van der Waals surface area (Å²) in [5, 5.41) is 15.7. The molecule has 0 bridgehead atoms. The van der Waals surface area contributed by atoms with Crippen LogP contribution in [0.3, 0.4) is 0 Å². The van der Waals surface area contributed by atoms with Crippen molar-refractivity contribution in [3.05, 3.63) is 39.4 Å². The number of amidine groups is 2. The Kier molecular flexibility index (Phi) is 5.10. The van der Waals surface area contributed by atoms with E-state index in [2.05, 4.69) is 15.5 Å². The van der Waals surface area contributed by atoms with Gasteiger partial charge < -0.3 is 15.0 Å². The summed E-state index contributed by atoms with van der Waals surface area (Å²) in [4.78, 5) is 16.6. The number of nitrogens with zero attached hydrogens (tertiary/aromatic N) is 4. The van der Waals surface area contributed by atoms with Gasteiger partial charge in [-0.15, -0.1) is 0 Å². The molecular formula is C13H16ClN5O2. The fourth-order valence-electron chi connectivity index (χ4n) is 2.13. The summed E-state index contributed by atoms with van der Waals surface area (Å²) in [6, 6.07) is 6.76. The molecule has 0 amide bonds. The Labute approximate surface area is 127 Å². The minimum atomic E-state index is -0.524. The summed E-state index contributed by atoms with van der Waals surface area (Å²) in [5.74, 6) is 0.0216. The average Bonchev–Trinajstić information content (AvgIpc) is 2.98. The van der Waals surface area contributed by atoms with E-state index in [1.807, 2.05) is 4.90 Å². The van der Waals surface area contributed by atoms with Crippen molar-refractivity contribution in [3.8, 4) is 0 Å². The molecule has 1 fully saturated rings. The highest BCUT2D eigenvalue weighted by atomic mass is 35.5. The number of aliphatic imine (C=N–C) groups is 1. The number of rotatable bonds is 2. The molecule has 1 N–H and O–H groups in total. The summed E-state index contributed by atoms with van der Waals surface area (Å²) in [6.45, 7) is 1.53. The number of nitro groups is 1. The minimum absolute atomic E-state index is 0.283. The molecule has 0 aliphatic carbocycles. The first kappa shape index (κ1) is 15.2. The van der Waals surface area contributed by atoms with Crippen LogP contribution in [0.2, 0.25) is 5.02 Å². The maximum Gasteiger partial charge on any atom is 0.430 e. The van der Waals surface area contributed by atoms with Gasteiger partial charge in [0.2, 0.25) is 5.84 Å². The number of hydrazone groups is 1. The third-order valence-electron chi connectivity index (χ3n) is 3.13. The van der Waals surface area contributed by atoms with Crippen molar-refractivity contribution in [2.75, 3.05) is 25.6 Å². The Balaban J connectivity index is 2.19. The van der Waals surface area contributed by atoms with Gasteiger partial charge in [0.15, 0.2) is 0 Å². The predicted molar refractivity (Wildman–Crippen MR) is 83.7 cm³/mol. The number of benzene rings is 1. The van der Waals surface area contributed by atoms with Gasteiger partial charge in [-0.1, -0.05) is 11.6 Å². The summed E-state index contributed by atoms with van der Waals surface area (Å²) >= 11 is 5.79. The van der Waals surface area contributed by atoms with E-state index < -0.39 is 4.92 Å². The molecule has 0 radical (unpaired) electrons. The number of hydrogen-bond acceptors (Lipinski definition) is 5. The lowest BCUT2D eigenvalue weighted by molar-refractivity contribution is -0.346. The van der Waals surface area contributed by atoms with Crippen LogP contribution in [0.25, 0.3) is 0 Å². The Bertz CT molecular complexity index is 564. The Morgan fingerprint density at radius 3 is 2.48 bits per heavy atom. The maximum atomic E-state index is 11.2. The first-order valence-electron chi connectivity index (χ1n) is 6.57. The van der Waals surface area contributed by atoms with Crippen LogP contribution >= 0.6 is 11.6 Å². The first-order chi connectivity index (χ1) is 10.1. The van der Waals surface area contributed by atoms with Crippen LogP contribution < -0.4 is 5.43 Å². The van der Waals surface area contributed by atoms with E-state index in [0.29, 0.717) is 16.5 Å². The molecule has 0 saturated carbocycles. The first-order valence-corrected chi connectivity index (χ1v) is 6.95.